The number of ether oxygens (including phenoxy) is 1. The Bertz CT molecular complexity index is 812. The lowest BCUT2D eigenvalue weighted by Crippen LogP contribution is -2.38. The third-order valence-electron chi connectivity index (χ3n) is 5.16. The SMILES string of the molecule is COc1cc(-n2ccc(N)nc2=O)ccc1CN(C)[C@H]1CC[C@H](N)CC1. The van der Waals surface area contributed by atoms with Gasteiger partial charge in [-0.25, -0.2) is 4.79 Å². The number of aromatic nitrogens is 2. The van der Waals surface area contributed by atoms with Gasteiger partial charge in [0.15, 0.2) is 0 Å². The molecule has 7 nitrogen and oxygen atoms in total. The molecule has 4 N–H and O–H groups in total. The zero-order valence-electron chi connectivity index (χ0n) is 15.4. The van der Waals surface area contributed by atoms with Crippen LogP contribution in [0.25, 0.3) is 5.69 Å². The van der Waals surface area contributed by atoms with Crippen LogP contribution in [0.15, 0.2) is 35.3 Å². The highest BCUT2D eigenvalue weighted by molar-refractivity contribution is 5.45. The van der Waals surface area contributed by atoms with E-state index in [1.807, 2.05) is 18.2 Å². The van der Waals surface area contributed by atoms with Crippen LogP contribution < -0.4 is 21.9 Å². The van der Waals surface area contributed by atoms with Gasteiger partial charge in [-0.2, -0.15) is 4.98 Å². The predicted octanol–water partition coefficient (Wildman–Crippen LogP) is 1.52. The summed E-state index contributed by atoms with van der Waals surface area (Å²) < 4.78 is 7.02. The fourth-order valence-electron chi connectivity index (χ4n) is 3.57. The quantitative estimate of drug-likeness (QED) is 0.842. The lowest BCUT2D eigenvalue weighted by Gasteiger charge is -2.33. The van der Waals surface area contributed by atoms with E-state index in [4.69, 9.17) is 16.2 Å². The summed E-state index contributed by atoms with van der Waals surface area (Å²) >= 11 is 0. The van der Waals surface area contributed by atoms with Crippen LogP contribution in [0.4, 0.5) is 5.82 Å². The fraction of sp³-hybridized carbons (Fsp3) is 0.474. The molecule has 3 rings (SSSR count). The van der Waals surface area contributed by atoms with Crippen molar-refractivity contribution in [3.63, 3.8) is 0 Å². The van der Waals surface area contributed by atoms with Crippen LogP contribution in [0, 0.1) is 0 Å². The predicted molar refractivity (Wildman–Crippen MR) is 102 cm³/mol. The Kier molecular flexibility index (Phi) is 5.58. The van der Waals surface area contributed by atoms with E-state index in [-0.39, 0.29) is 5.82 Å². The van der Waals surface area contributed by atoms with Gasteiger partial charge in [0, 0.05) is 36.5 Å². The van der Waals surface area contributed by atoms with Crippen molar-refractivity contribution >= 4 is 5.82 Å². The molecule has 1 fully saturated rings. The maximum Gasteiger partial charge on any atom is 0.354 e. The molecule has 1 heterocycles. The molecular formula is C19H27N5O2. The van der Waals surface area contributed by atoms with Crippen LogP contribution in [0.1, 0.15) is 31.2 Å². The molecule has 1 aromatic heterocycles. The first-order valence-electron chi connectivity index (χ1n) is 8.96. The zero-order valence-corrected chi connectivity index (χ0v) is 15.4. The Morgan fingerprint density at radius 3 is 2.65 bits per heavy atom. The third-order valence-corrected chi connectivity index (χ3v) is 5.16. The Morgan fingerprint density at radius 1 is 1.27 bits per heavy atom. The average molecular weight is 357 g/mol. The standard InChI is InChI=1S/C19H27N5O2/c1-23(15-7-4-14(20)5-8-15)12-13-3-6-16(11-17(13)26-2)24-10-9-18(21)22-19(24)25/h3,6,9-11,14-15H,4-5,7-8,12,20H2,1-2H3,(H2,21,22,25)/t14-,15-. The van der Waals surface area contributed by atoms with Gasteiger partial charge < -0.3 is 16.2 Å². The van der Waals surface area contributed by atoms with Crippen molar-refractivity contribution in [1.82, 2.24) is 14.5 Å². The van der Waals surface area contributed by atoms with Crippen LogP contribution in [0.2, 0.25) is 0 Å². The maximum atomic E-state index is 12.0. The molecule has 0 unspecified atom stereocenters. The molecule has 1 aliphatic rings. The number of benzene rings is 1. The molecule has 0 radical (unpaired) electrons. The van der Waals surface area contributed by atoms with Crippen molar-refractivity contribution < 1.29 is 4.74 Å². The lowest BCUT2D eigenvalue weighted by atomic mass is 9.91. The van der Waals surface area contributed by atoms with Gasteiger partial charge in [-0.15, -0.1) is 0 Å². The molecule has 140 valence electrons. The topological polar surface area (TPSA) is 99.4 Å². The fourth-order valence-corrected chi connectivity index (χ4v) is 3.57. The Hall–Kier alpha value is -2.38. The Morgan fingerprint density at radius 2 is 2.00 bits per heavy atom. The van der Waals surface area contributed by atoms with Crippen LogP contribution in [0.5, 0.6) is 5.75 Å². The summed E-state index contributed by atoms with van der Waals surface area (Å²) in [6.45, 7) is 0.790. The number of methoxy groups -OCH3 is 1. The van der Waals surface area contributed by atoms with Crippen LogP contribution in [-0.4, -0.2) is 40.7 Å². The highest BCUT2D eigenvalue weighted by Crippen LogP contribution is 2.27. The van der Waals surface area contributed by atoms with Gasteiger partial charge in [-0.1, -0.05) is 6.07 Å². The van der Waals surface area contributed by atoms with E-state index in [9.17, 15) is 4.79 Å². The molecule has 0 spiro atoms. The zero-order chi connectivity index (χ0) is 18.7. The summed E-state index contributed by atoms with van der Waals surface area (Å²) in [7, 11) is 3.79. The Labute approximate surface area is 153 Å². The summed E-state index contributed by atoms with van der Waals surface area (Å²) in [6, 6.07) is 8.26. The molecule has 1 aliphatic carbocycles. The van der Waals surface area contributed by atoms with E-state index in [0.29, 0.717) is 17.8 Å². The lowest BCUT2D eigenvalue weighted by molar-refractivity contribution is 0.174. The van der Waals surface area contributed by atoms with Gasteiger partial charge in [-0.05, 0) is 44.9 Å². The molecule has 26 heavy (non-hydrogen) atoms. The van der Waals surface area contributed by atoms with Crippen LogP contribution >= 0.6 is 0 Å². The van der Waals surface area contributed by atoms with E-state index < -0.39 is 5.69 Å². The van der Waals surface area contributed by atoms with E-state index in [1.165, 1.54) is 4.57 Å². The largest absolute Gasteiger partial charge is 0.496 e. The van der Waals surface area contributed by atoms with Crippen molar-refractivity contribution in [1.29, 1.82) is 0 Å². The molecule has 0 amide bonds. The van der Waals surface area contributed by atoms with Crippen molar-refractivity contribution in [3.8, 4) is 11.4 Å². The number of nitrogen functional groups attached to an aromatic ring is 1. The molecular weight excluding hydrogens is 330 g/mol. The Balaban J connectivity index is 1.79. The van der Waals surface area contributed by atoms with E-state index in [2.05, 4.69) is 16.9 Å². The van der Waals surface area contributed by atoms with Crippen LogP contribution in [0.3, 0.4) is 0 Å². The van der Waals surface area contributed by atoms with Gasteiger partial charge >= 0.3 is 5.69 Å². The summed E-state index contributed by atoms with van der Waals surface area (Å²) in [5.41, 5.74) is 13.0. The van der Waals surface area contributed by atoms with Gasteiger partial charge in [-0.3, -0.25) is 9.47 Å². The average Bonchev–Trinajstić information content (AvgIpc) is 2.62. The monoisotopic (exact) mass is 357 g/mol. The second-order valence-corrected chi connectivity index (χ2v) is 6.98. The number of hydrogen-bond donors (Lipinski definition) is 2. The smallest absolute Gasteiger partial charge is 0.354 e. The normalized spacial score (nSPS) is 20.3. The first kappa shape index (κ1) is 18.4. The molecule has 0 saturated heterocycles. The third kappa shape index (κ3) is 4.05. The number of nitrogens with zero attached hydrogens (tertiary/aromatic N) is 3. The van der Waals surface area contributed by atoms with Crippen molar-refractivity contribution in [2.75, 3.05) is 19.9 Å². The number of anilines is 1. The van der Waals surface area contributed by atoms with Crippen molar-refractivity contribution in [3.05, 3.63) is 46.5 Å². The molecule has 1 saturated carbocycles. The van der Waals surface area contributed by atoms with E-state index in [0.717, 1.165) is 43.5 Å². The number of hydrogen-bond acceptors (Lipinski definition) is 6. The molecule has 7 heteroatoms. The number of rotatable bonds is 5. The molecule has 0 atom stereocenters. The minimum atomic E-state index is -0.407. The number of nitrogens with two attached hydrogens (primary N) is 2. The molecule has 0 bridgehead atoms. The molecule has 0 aliphatic heterocycles. The maximum absolute atomic E-state index is 12.0. The van der Waals surface area contributed by atoms with Gasteiger partial charge in [0.25, 0.3) is 0 Å². The summed E-state index contributed by atoms with van der Waals surface area (Å²) in [5, 5.41) is 0. The van der Waals surface area contributed by atoms with Gasteiger partial charge in [0.1, 0.15) is 11.6 Å². The summed E-state index contributed by atoms with van der Waals surface area (Å²) in [6.07, 6.45) is 6.04. The molecule has 1 aromatic carbocycles. The van der Waals surface area contributed by atoms with E-state index >= 15 is 0 Å². The molecule has 2 aromatic rings. The van der Waals surface area contributed by atoms with E-state index in [1.54, 1.807) is 19.4 Å². The first-order valence-corrected chi connectivity index (χ1v) is 8.96. The highest BCUT2D eigenvalue weighted by Gasteiger charge is 2.22. The van der Waals surface area contributed by atoms with Crippen molar-refractivity contribution in [2.45, 2.75) is 44.3 Å². The highest BCUT2D eigenvalue weighted by atomic mass is 16.5. The van der Waals surface area contributed by atoms with Crippen LogP contribution in [-0.2, 0) is 6.54 Å². The van der Waals surface area contributed by atoms with Gasteiger partial charge in [0.05, 0.1) is 12.8 Å². The second kappa shape index (κ2) is 7.88. The minimum absolute atomic E-state index is 0.212. The summed E-state index contributed by atoms with van der Waals surface area (Å²) in [4.78, 5) is 18.2. The minimum Gasteiger partial charge on any atom is -0.496 e. The first-order chi connectivity index (χ1) is 12.5. The van der Waals surface area contributed by atoms with Crippen molar-refractivity contribution in [2.24, 2.45) is 5.73 Å². The van der Waals surface area contributed by atoms with Gasteiger partial charge in [0.2, 0.25) is 0 Å². The second-order valence-electron chi connectivity index (χ2n) is 6.98. The summed E-state index contributed by atoms with van der Waals surface area (Å²) in [5.74, 6) is 0.967.